The van der Waals surface area contributed by atoms with E-state index in [2.05, 4.69) is 9.97 Å². The molecule has 0 aliphatic carbocycles. The summed E-state index contributed by atoms with van der Waals surface area (Å²) in [4.78, 5) is 34.9. The summed E-state index contributed by atoms with van der Waals surface area (Å²) in [7, 11) is 0. The topological polar surface area (TPSA) is 68.1 Å². The first-order chi connectivity index (χ1) is 16.6. The van der Waals surface area contributed by atoms with Crippen molar-refractivity contribution in [2.75, 3.05) is 0 Å². The molecular formula is C27H17FN4O2. The van der Waals surface area contributed by atoms with E-state index in [0.29, 0.717) is 11.1 Å². The van der Waals surface area contributed by atoms with Crippen LogP contribution in [0.2, 0.25) is 0 Å². The second-order valence-electron chi connectivity index (χ2n) is 8.10. The van der Waals surface area contributed by atoms with Gasteiger partial charge in [0.05, 0.1) is 28.7 Å². The molecule has 6 rings (SSSR count). The van der Waals surface area contributed by atoms with E-state index in [-0.39, 0.29) is 18.4 Å². The fraction of sp³-hybridized carbons (Fsp3) is 0.0370. The zero-order valence-electron chi connectivity index (χ0n) is 17.9. The molecule has 3 aromatic carbocycles. The van der Waals surface area contributed by atoms with E-state index in [0.717, 1.165) is 33.4 Å². The molecular weight excluding hydrogens is 431 g/mol. The Labute approximate surface area is 193 Å². The number of hydrogen-bond donors (Lipinski definition) is 0. The minimum atomic E-state index is -0.516. The molecule has 5 aromatic rings. The average Bonchev–Trinajstić information content (AvgIpc) is 3.39. The first-order valence-electron chi connectivity index (χ1n) is 10.7. The molecule has 0 radical (unpaired) electrons. The standard InChI is InChI=1S/C27H17FN4O2/c28-25-11-9-19(14-29-25)18-4-3-5-20(13-18)32-16-30-23-12-17(8-10-24(23)32)15-31-26(33)21-6-1-2-7-22(21)27(31)34/h1-14,16H,15H2. The van der Waals surface area contributed by atoms with E-state index in [9.17, 15) is 14.0 Å². The number of pyridine rings is 1. The fourth-order valence-corrected chi connectivity index (χ4v) is 4.31. The predicted molar refractivity (Wildman–Crippen MR) is 125 cm³/mol. The fourth-order valence-electron chi connectivity index (χ4n) is 4.31. The summed E-state index contributed by atoms with van der Waals surface area (Å²) in [6.07, 6.45) is 3.24. The van der Waals surface area contributed by atoms with Crippen LogP contribution in [-0.4, -0.2) is 31.2 Å². The van der Waals surface area contributed by atoms with E-state index in [1.54, 1.807) is 36.7 Å². The van der Waals surface area contributed by atoms with Gasteiger partial charge >= 0.3 is 0 Å². The number of nitrogens with zero attached hydrogens (tertiary/aromatic N) is 4. The summed E-state index contributed by atoms with van der Waals surface area (Å²) < 4.78 is 15.1. The molecule has 1 aliphatic heterocycles. The number of fused-ring (bicyclic) bond motifs is 2. The first kappa shape index (κ1) is 20.0. The molecule has 0 unspecified atom stereocenters. The van der Waals surface area contributed by atoms with Crippen LogP contribution in [0.1, 0.15) is 26.3 Å². The molecule has 0 saturated carbocycles. The maximum absolute atomic E-state index is 13.2. The number of benzene rings is 3. The minimum Gasteiger partial charge on any atom is -0.299 e. The summed E-state index contributed by atoms with van der Waals surface area (Å²) in [5, 5.41) is 0. The Balaban J connectivity index is 1.30. The Morgan fingerprint density at radius 3 is 2.29 bits per heavy atom. The van der Waals surface area contributed by atoms with Crippen molar-refractivity contribution in [3.63, 3.8) is 0 Å². The normalized spacial score (nSPS) is 13.0. The second-order valence-corrected chi connectivity index (χ2v) is 8.10. The van der Waals surface area contributed by atoms with Gasteiger partial charge in [-0.3, -0.25) is 19.1 Å². The Morgan fingerprint density at radius 1 is 0.765 bits per heavy atom. The lowest BCUT2D eigenvalue weighted by molar-refractivity contribution is 0.0642. The number of carbonyl (C=O) groups is 2. The maximum atomic E-state index is 13.2. The molecule has 0 spiro atoms. The van der Waals surface area contributed by atoms with Crippen molar-refractivity contribution in [3.8, 4) is 16.8 Å². The van der Waals surface area contributed by atoms with Crippen molar-refractivity contribution in [1.29, 1.82) is 0 Å². The van der Waals surface area contributed by atoms with Gasteiger partial charge in [-0.25, -0.2) is 9.97 Å². The Bertz CT molecular complexity index is 1560. The van der Waals surface area contributed by atoms with Crippen LogP contribution in [0.5, 0.6) is 0 Å². The summed E-state index contributed by atoms with van der Waals surface area (Å²) >= 11 is 0. The lowest BCUT2D eigenvalue weighted by atomic mass is 10.1. The van der Waals surface area contributed by atoms with E-state index in [1.165, 1.54) is 17.2 Å². The summed E-state index contributed by atoms with van der Waals surface area (Å²) in [5.74, 6) is -1.07. The van der Waals surface area contributed by atoms with Crippen LogP contribution in [0.3, 0.4) is 0 Å². The Hall–Kier alpha value is -4.65. The highest BCUT2D eigenvalue weighted by molar-refractivity contribution is 6.21. The van der Waals surface area contributed by atoms with Gasteiger partial charge < -0.3 is 0 Å². The summed E-state index contributed by atoms with van der Waals surface area (Å²) in [6, 6.07) is 23.5. The van der Waals surface area contributed by atoms with Crippen LogP contribution >= 0.6 is 0 Å². The monoisotopic (exact) mass is 448 g/mol. The van der Waals surface area contributed by atoms with Crippen LogP contribution in [0.25, 0.3) is 27.8 Å². The van der Waals surface area contributed by atoms with Crippen molar-refractivity contribution in [2.45, 2.75) is 6.54 Å². The molecule has 3 heterocycles. The van der Waals surface area contributed by atoms with E-state index in [1.807, 2.05) is 47.0 Å². The number of rotatable bonds is 4. The number of imide groups is 1. The summed E-state index contributed by atoms with van der Waals surface area (Å²) in [6.45, 7) is 0.183. The number of imidazole rings is 1. The van der Waals surface area contributed by atoms with E-state index >= 15 is 0 Å². The molecule has 34 heavy (non-hydrogen) atoms. The highest BCUT2D eigenvalue weighted by atomic mass is 19.1. The quantitative estimate of drug-likeness (QED) is 0.286. The van der Waals surface area contributed by atoms with Crippen molar-refractivity contribution >= 4 is 22.8 Å². The van der Waals surface area contributed by atoms with Gasteiger partial charge in [0.25, 0.3) is 11.8 Å². The van der Waals surface area contributed by atoms with E-state index < -0.39 is 5.95 Å². The molecule has 0 atom stereocenters. The van der Waals surface area contributed by atoms with Gasteiger partial charge in [-0.05, 0) is 59.7 Å². The van der Waals surface area contributed by atoms with Gasteiger partial charge in [0.2, 0.25) is 5.95 Å². The number of aromatic nitrogens is 3. The average molecular weight is 448 g/mol. The van der Waals surface area contributed by atoms with Gasteiger partial charge in [-0.2, -0.15) is 4.39 Å². The second kappa shape index (κ2) is 7.74. The number of carbonyl (C=O) groups excluding carboxylic acids is 2. The molecule has 0 N–H and O–H groups in total. The molecule has 0 fully saturated rings. The molecule has 0 bridgehead atoms. The van der Waals surface area contributed by atoms with Gasteiger partial charge in [0, 0.05) is 17.4 Å². The first-order valence-corrected chi connectivity index (χ1v) is 10.7. The predicted octanol–water partition coefficient (Wildman–Crippen LogP) is 5.02. The zero-order chi connectivity index (χ0) is 23.2. The number of halogens is 1. The number of amides is 2. The molecule has 0 saturated heterocycles. The smallest absolute Gasteiger partial charge is 0.261 e. The molecule has 2 aromatic heterocycles. The number of hydrogen-bond acceptors (Lipinski definition) is 4. The Morgan fingerprint density at radius 2 is 1.56 bits per heavy atom. The maximum Gasteiger partial charge on any atom is 0.261 e. The third kappa shape index (κ3) is 3.26. The van der Waals surface area contributed by atoms with Crippen LogP contribution < -0.4 is 0 Å². The van der Waals surface area contributed by atoms with Crippen molar-refractivity contribution in [3.05, 3.63) is 114 Å². The minimum absolute atomic E-state index is 0.183. The molecule has 7 heteroatoms. The van der Waals surface area contributed by atoms with Crippen LogP contribution in [0.15, 0.2) is 91.4 Å². The third-order valence-electron chi connectivity index (χ3n) is 6.02. The highest BCUT2D eigenvalue weighted by Crippen LogP contribution is 2.27. The van der Waals surface area contributed by atoms with Crippen molar-refractivity contribution < 1.29 is 14.0 Å². The lowest BCUT2D eigenvalue weighted by Gasteiger charge is -2.14. The van der Waals surface area contributed by atoms with Gasteiger partial charge in [0.1, 0.15) is 6.33 Å². The zero-order valence-corrected chi connectivity index (χ0v) is 17.9. The third-order valence-corrected chi connectivity index (χ3v) is 6.02. The largest absolute Gasteiger partial charge is 0.299 e. The van der Waals surface area contributed by atoms with Gasteiger partial charge in [-0.15, -0.1) is 0 Å². The van der Waals surface area contributed by atoms with Gasteiger partial charge in [-0.1, -0.05) is 30.3 Å². The van der Waals surface area contributed by atoms with E-state index in [4.69, 9.17) is 0 Å². The van der Waals surface area contributed by atoms with Crippen molar-refractivity contribution in [1.82, 2.24) is 19.4 Å². The van der Waals surface area contributed by atoms with Crippen molar-refractivity contribution in [2.24, 2.45) is 0 Å². The van der Waals surface area contributed by atoms with Gasteiger partial charge in [0.15, 0.2) is 0 Å². The van der Waals surface area contributed by atoms with Crippen LogP contribution in [0, 0.1) is 5.95 Å². The SMILES string of the molecule is O=C1c2ccccc2C(=O)N1Cc1ccc2c(c1)ncn2-c1cccc(-c2ccc(F)nc2)c1. The molecule has 164 valence electrons. The molecule has 6 nitrogen and oxygen atoms in total. The highest BCUT2D eigenvalue weighted by Gasteiger charge is 2.35. The van der Waals surface area contributed by atoms with Crippen LogP contribution in [-0.2, 0) is 6.54 Å². The lowest BCUT2D eigenvalue weighted by Crippen LogP contribution is -2.29. The Kier molecular flexibility index (Phi) is 4.55. The molecule has 1 aliphatic rings. The summed E-state index contributed by atoms with van der Waals surface area (Å²) in [5.41, 5.74) is 5.97. The molecule has 2 amide bonds. The van der Waals surface area contributed by atoms with Crippen LogP contribution in [0.4, 0.5) is 4.39 Å².